The van der Waals surface area contributed by atoms with Crippen LogP contribution in [-0.4, -0.2) is 33.7 Å². The van der Waals surface area contributed by atoms with E-state index in [-0.39, 0.29) is 11.5 Å². The lowest BCUT2D eigenvalue weighted by atomic mass is 10.2. The van der Waals surface area contributed by atoms with Crippen molar-refractivity contribution in [3.63, 3.8) is 0 Å². The molecule has 7 heteroatoms. The Balaban J connectivity index is 1.85. The Morgan fingerprint density at radius 1 is 1.32 bits per heavy atom. The van der Waals surface area contributed by atoms with Crippen LogP contribution in [0.2, 0.25) is 0 Å². The number of pyridine rings is 1. The molecule has 0 radical (unpaired) electrons. The van der Waals surface area contributed by atoms with Gasteiger partial charge in [0.2, 0.25) is 5.76 Å². The van der Waals surface area contributed by atoms with Gasteiger partial charge < -0.3 is 14.9 Å². The topological polar surface area (TPSA) is 105 Å². The Bertz CT molecular complexity index is 580. The molecule has 0 atom stereocenters. The molecular weight excluding hydrogens is 250 g/mol. The number of hydrogen-bond acceptors (Lipinski definition) is 5. The SMILES string of the molecule is O=C(NCCc1ccncc1)c1cc(C(=O)O)on1. The minimum Gasteiger partial charge on any atom is -0.475 e. The summed E-state index contributed by atoms with van der Waals surface area (Å²) in [5.41, 5.74) is 0.994. The third kappa shape index (κ3) is 3.38. The molecule has 2 rings (SSSR count). The first-order chi connectivity index (χ1) is 9.16. The zero-order chi connectivity index (χ0) is 13.7. The van der Waals surface area contributed by atoms with Gasteiger partial charge >= 0.3 is 5.97 Å². The van der Waals surface area contributed by atoms with Gasteiger partial charge in [-0.2, -0.15) is 0 Å². The van der Waals surface area contributed by atoms with E-state index in [1.54, 1.807) is 12.4 Å². The summed E-state index contributed by atoms with van der Waals surface area (Å²) < 4.78 is 4.49. The van der Waals surface area contributed by atoms with Gasteiger partial charge in [-0.15, -0.1) is 0 Å². The van der Waals surface area contributed by atoms with Crippen LogP contribution in [0.4, 0.5) is 0 Å². The first-order valence-corrected chi connectivity index (χ1v) is 5.54. The number of nitrogens with zero attached hydrogens (tertiary/aromatic N) is 2. The van der Waals surface area contributed by atoms with E-state index in [4.69, 9.17) is 5.11 Å². The molecule has 0 fully saturated rings. The zero-order valence-electron chi connectivity index (χ0n) is 9.87. The minimum atomic E-state index is -1.26. The van der Waals surface area contributed by atoms with Gasteiger partial charge in [0.25, 0.3) is 5.91 Å². The molecule has 0 aliphatic rings. The van der Waals surface area contributed by atoms with Gasteiger partial charge in [0.05, 0.1) is 0 Å². The Morgan fingerprint density at radius 2 is 2.05 bits per heavy atom. The van der Waals surface area contributed by atoms with Crippen molar-refractivity contribution in [1.82, 2.24) is 15.5 Å². The van der Waals surface area contributed by atoms with Crippen LogP contribution in [-0.2, 0) is 6.42 Å². The second-order valence-electron chi connectivity index (χ2n) is 3.74. The van der Waals surface area contributed by atoms with E-state index in [1.165, 1.54) is 0 Å². The normalized spacial score (nSPS) is 10.1. The molecule has 0 aliphatic carbocycles. The Kier molecular flexibility index (Phi) is 3.87. The number of amides is 1. The minimum absolute atomic E-state index is 0.0490. The van der Waals surface area contributed by atoms with E-state index in [1.807, 2.05) is 12.1 Å². The standard InChI is InChI=1S/C12H11N3O4/c16-11(9-7-10(12(17)18)19-15-9)14-6-3-8-1-4-13-5-2-8/h1-2,4-5,7H,3,6H2,(H,14,16)(H,17,18). The average molecular weight is 261 g/mol. The molecule has 2 heterocycles. The number of aromatic carboxylic acids is 1. The van der Waals surface area contributed by atoms with Crippen molar-refractivity contribution in [2.24, 2.45) is 0 Å². The van der Waals surface area contributed by atoms with Gasteiger partial charge in [-0.3, -0.25) is 9.78 Å². The third-order valence-electron chi connectivity index (χ3n) is 2.40. The molecule has 2 aromatic rings. The van der Waals surface area contributed by atoms with Crippen LogP contribution < -0.4 is 5.32 Å². The lowest BCUT2D eigenvalue weighted by molar-refractivity contribution is 0.0651. The summed E-state index contributed by atoms with van der Waals surface area (Å²) in [5, 5.41) is 14.6. The molecule has 0 aromatic carbocycles. The maximum atomic E-state index is 11.6. The summed E-state index contributed by atoms with van der Waals surface area (Å²) in [7, 11) is 0. The second kappa shape index (κ2) is 5.76. The smallest absolute Gasteiger partial charge is 0.374 e. The summed E-state index contributed by atoms with van der Waals surface area (Å²) >= 11 is 0. The van der Waals surface area contributed by atoms with Gasteiger partial charge in [0.15, 0.2) is 5.69 Å². The van der Waals surface area contributed by atoms with Gasteiger partial charge in [-0.25, -0.2) is 4.79 Å². The van der Waals surface area contributed by atoms with Gasteiger partial charge in [-0.1, -0.05) is 5.16 Å². The summed E-state index contributed by atoms with van der Waals surface area (Å²) in [4.78, 5) is 26.1. The predicted molar refractivity (Wildman–Crippen MR) is 63.7 cm³/mol. The van der Waals surface area contributed by atoms with Crippen LogP contribution in [0, 0.1) is 0 Å². The number of rotatable bonds is 5. The van der Waals surface area contributed by atoms with Crippen LogP contribution in [0.5, 0.6) is 0 Å². The highest BCUT2D eigenvalue weighted by atomic mass is 16.5. The predicted octanol–water partition coefficient (Wildman–Crippen LogP) is 0.740. The van der Waals surface area contributed by atoms with Crippen molar-refractivity contribution in [2.75, 3.05) is 6.54 Å². The zero-order valence-corrected chi connectivity index (χ0v) is 9.87. The first-order valence-electron chi connectivity index (χ1n) is 5.54. The monoisotopic (exact) mass is 261 g/mol. The molecule has 19 heavy (non-hydrogen) atoms. The van der Waals surface area contributed by atoms with Crippen LogP contribution in [0.15, 0.2) is 35.1 Å². The maximum absolute atomic E-state index is 11.6. The van der Waals surface area contributed by atoms with Crippen LogP contribution in [0.25, 0.3) is 0 Å². The fraction of sp³-hybridized carbons (Fsp3) is 0.167. The number of carboxylic acids is 1. The van der Waals surface area contributed by atoms with E-state index < -0.39 is 11.9 Å². The fourth-order valence-electron chi connectivity index (χ4n) is 1.44. The number of carbonyl (C=O) groups excluding carboxylic acids is 1. The molecule has 2 aromatic heterocycles. The van der Waals surface area contributed by atoms with Crippen LogP contribution in [0.3, 0.4) is 0 Å². The largest absolute Gasteiger partial charge is 0.475 e. The molecular formula is C12H11N3O4. The second-order valence-corrected chi connectivity index (χ2v) is 3.74. The van der Waals surface area contributed by atoms with Gasteiger partial charge in [-0.05, 0) is 24.1 Å². The lowest BCUT2D eigenvalue weighted by Gasteiger charge is -2.02. The molecule has 7 nitrogen and oxygen atoms in total. The number of carboxylic acid groups (broad SMARTS) is 1. The molecule has 0 bridgehead atoms. The third-order valence-corrected chi connectivity index (χ3v) is 2.40. The van der Waals surface area contributed by atoms with Crippen LogP contribution >= 0.6 is 0 Å². The van der Waals surface area contributed by atoms with Crippen molar-refractivity contribution < 1.29 is 19.2 Å². The number of aromatic nitrogens is 2. The number of carbonyl (C=O) groups is 2. The first kappa shape index (κ1) is 12.7. The van der Waals surface area contributed by atoms with E-state index in [2.05, 4.69) is 20.0 Å². The Hall–Kier alpha value is -2.70. The quantitative estimate of drug-likeness (QED) is 0.822. The molecule has 0 saturated heterocycles. The van der Waals surface area contributed by atoms with Crippen molar-refractivity contribution in [2.45, 2.75) is 6.42 Å². The molecule has 1 amide bonds. The van der Waals surface area contributed by atoms with Crippen molar-refractivity contribution in [3.05, 3.63) is 47.6 Å². The van der Waals surface area contributed by atoms with E-state index >= 15 is 0 Å². The van der Waals surface area contributed by atoms with Crippen molar-refractivity contribution in [1.29, 1.82) is 0 Å². The highest BCUT2D eigenvalue weighted by molar-refractivity contribution is 5.94. The Labute approximate surface area is 108 Å². The number of hydrogen-bond donors (Lipinski definition) is 2. The molecule has 0 saturated carbocycles. The average Bonchev–Trinajstić information content (AvgIpc) is 2.89. The molecule has 0 aliphatic heterocycles. The van der Waals surface area contributed by atoms with Gasteiger partial charge in [0.1, 0.15) is 0 Å². The van der Waals surface area contributed by atoms with Gasteiger partial charge in [0, 0.05) is 25.0 Å². The van der Waals surface area contributed by atoms with Crippen molar-refractivity contribution in [3.8, 4) is 0 Å². The molecule has 2 N–H and O–H groups in total. The molecule has 0 spiro atoms. The summed E-state index contributed by atoms with van der Waals surface area (Å²) in [5.74, 6) is -2.09. The fourth-order valence-corrected chi connectivity index (χ4v) is 1.44. The van der Waals surface area contributed by atoms with E-state index in [0.717, 1.165) is 11.6 Å². The van der Waals surface area contributed by atoms with Crippen molar-refractivity contribution >= 4 is 11.9 Å². The summed E-state index contributed by atoms with van der Waals surface area (Å²) in [6, 6.07) is 4.79. The van der Waals surface area contributed by atoms with E-state index in [0.29, 0.717) is 13.0 Å². The maximum Gasteiger partial charge on any atom is 0.374 e. The van der Waals surface area contributed by atoms with Crippen LogP contribution in [0.1, 0.15) is 26.6 Å². The molecule has 98 valence electrons. The Morgan fingerprint density at radius 3 is 2.68 bits per heavy atom. The summed E-state index contributed by atoms with van der Waals surface area (Å²) in [6.07, 6.45) is 4.00. The highest BCUT2D eigenvalue weighted by Gasteiger charge is 2.15. The van der Waals surface area contributed by atoms with E-state index in [9.17, 15) is 9.59 Å². The summed E-state index contributed by atoms with van der Waals surface area (Å²) in [6.45, 7) is 0.415. The number of nitrogens with one attached hydrogen (secondary N) is 1. The lowest BCUT2D eigenvalue weighted by Crippen LogP contribution is -2.25. The molecule has 0 unspecified atom stereocenters. The highest BCUT2D eigenvalue weighted by Crippen LogP contribution is 2.03.